The number of fused-ring (bicyclic) bond motifs is 2. The van der Waals surface area contributed by atoms with Crippen molar-refractivity contribution in [2.75, 3.05) is 24.6 Å². The van der Waals surface area contributed by atoms with Gasteiger partial charge in [0.15, 0.2) is 0 Å². The third-order valence-corrected chi connectivity index (χ3v) is 6.42. The molecule has 3 saturated heterocycles. The highest BCUT2D eigenvalue weighted by Crippen LogP contribution is 2.41. The first kappa shape index (κ1) is 18.2. The Morgan fingerprint density at radius 2 is 2.17 bits per heavy atom. The first-order valence-corrected chi connectivity index (χ1v) is 10.5. The van der Waals surface area contributed by atoms with Gasteiger partial charge in [0.1, 0.15) is 24.0 Å². The molecule has 3 fully saturated rings. The summed E-state index contributed by atoms with van der Waals surface area (Å²) in [5.41, 5.74) is 0.781. The van der Waals surface area contributed by atoms with Crippen molar-refractivity contribution in [3.05, 3.63) is 18.6 Å². The van der Waals surface area contributed by atoms with Gasteiger partial charge < -0.3 is 24.4 Å². The molecule has 0 spiro atoms. The Morgan fingerprint density at radius 3 is 2.97 bits per heavy atom. The highest BCUT2D eigenvalue weighted by atomic mass is 16.6. The van der Waals surface area contributed by atoms with E-state index in [1.165, 1.54) is 0 Å². The molecule has 0 aromatic carbocycles. The minimum atomic E-state index is -0.259. The van der Waals surface area contributed by atoms with Crippen molar-refractivity contribution >= 4 is 28.9 Å². The third-order valence-electron chi connectivity index (χ3n) is 6.42. The predicted octanol–water partition coefficient (Wildman–Crippen LogP) is 2.11. The van der Waals surface area contributed by atoms with Gasteiger partial charge in [-0.05, 0) is 32.3 Å². The van der Waals surface area contributed by atoms with Crippen LogP contribution in [0.1, 0.15) is 39.0 Å². The SMILES string of the molecule is CCOC(=O)N1CCC[C@@H]2[C@H]1CC(N1CCCC1=O)N2c1ncnc2[nH]ccc12. The smallest absolute Gasteiger partial charge is 0.410 e. The summed E-state index contributed by atoms with van der Waals surface area (Å²) in [5, 5.41) is 0.943. The van der Waals surface area contributed by atoms with E-state index in [2.05, 4.69) is 19.9 Å². The van der Waals surface area contributed by atoms with E-state index in [0.717, 1.165) is 42.7 Å². The summed E-state index contributed by atoms with van der Waals surface area (Å²) in [6.07, 6.45) is 7.09. The summed E-state index contributed by atoms with van der Waals surface area (Å²) in [6, 6.07) is 2.08. The van der Waals surface area contributed by atoms with E-state index < -0.39 is 0 Å². The second kappa shape index (κ2) is 7.20. The molecule has 0 radical (unpaired) electrons. The van der Waals surface area contributed by atoms with Gasteiger partial charge in [-0.15, -0.1) is 0 Å². The Morgan fingerprint density at radius 1 is 1.28 bits per heavy atom. The number of aromatic nitrogens is 3. The van der Waals surface area contributed by atoms with Gasteiger partial charge in [0, 0.05) is 32.1 Å². The van der Waals surface area contributed by atoms with Crippen LogP contribution in [0.25, 0.3) is 11.0 Å². The monoisotopic (exact) mass is 398 g/mol. The van der Waals surface area contributed by atoms with Crippen LogP contribution >= 0.6 is 0 Å². The second-order valence-corrected chi connectivity index (χ2v) is 7.92. The van der Waals surface area contributed by atoms with Gasteiger partial charge in [-0.3, -0.25) is 4.79 Å². The summed E-state index contributed by atoms with van der Waals surface area (Å²) in [7, 11) is 0. The first-order chi connectivity index (χ1) is 14.2. The Hall–Kier alpha value is -2.84. The van der Waals surface area contributed by atoms with E-state index in [9.17, 15) is 9.59 Å². The molecule has 1 N–H and O–H groups in total. The van der Waals surface area contributed by atoms with Crippen molar-refractivity contribution in [3.63, 3.8) is 0 Å². The lowest BCUT2D eigenvalue weighted by atomic mass is 9.97. The molecule has 5 heterocycles. The number of likely N-dealkylation sites (tertiary alicyclic amines) is 2. The van der Waals surface area contributed by atoms with Crippen LogP contribution < -0.4 is 4.90 Å². The van der Waals surface area contributed by atoms with Crippen molar-refractivity contribution < 1.29 is 14.3 Å². The van der Waals surface area contributed by atoms with Crippen molar-refractivity contribution in [1.29, 1.82) is 0 Å². The number of nitrogens with zero attached hydrogens (tertiary/aromatic N) is 5. The number of hydrogen-bond acceptors (Lipinski definition) is 6. The van der Waals surface area contributed by atoms with E-state index in [-0.39, 0.29) is 30.2 Å². The number of carbonyl (C=O) groups is 2. The number of piperidine rings is 1. The summed E-state index contributed by atoms with van der Waals surface area (Å²) in [4.78, 5) is 43.5. The predicted molar refractivity (Wildman–Crippen MR) is 106 cm³/mol. The maximum absolute atomic E-state index is 12.6. The van der Waals surface area contributed by atoms with Crippen molar-refractivity contribution in [3.8, 4) is 0 Å². The fourth-order valence-corrected chi connectivity index (χ4v) is 5.25. The highest BCUT2D eigenvalue weighted by Gasteiger charge is 2.51. The van der Waals surface area contributed by atoms with Gasteiger partial charge in [0.25, 0.3) is 0 Å². The molecule has 3 aliphatic heterocycles. The van der Waals surface area contributed by atoms with Crippen LogP contribution in [-0.2, 0) is 9.53 Å². The minimum Gasteiger partial charge on any atom is -0.450 e. The number of hydrogen-bond donors (Lipinski definition) is 1. The zero-order chi connectivity index (χ0) is 20.0. The molecule has 5 rings (SSSR count). The largest absolute Gasteiger partial charge is 0.450 e. The molecule has 3 aliphatic rings. The molecular formula is C20H26N6O3. The third kappa shape index (κ3) is 2.90. The maximum atomic E-state index is 12.6. The minimum absolute atomic E-state index is 0.00478. The van der Waals surface area contributed by atoms with Crippen molar-refractivity contribution in [2.45, 2.75) is 57.3 Å². The topological polar surface area (TPSA) is 94.7 Å². The maximum Gasteiger partial charge on any atom is 0.410 e. The second-order valence-electron chi connectivity index (χ2n) is 7.92. The Labute approximate surface area is 169 Å². The fraction of sp³-hybridized carbons (Fsp3) is 0.600. The van der Waals surface area contributed by atoms with E-state index in [1.807, 2.05) is 29.0 Å². The van der Waals surface area contributed by atoms with Crippen molar-refractivity contribution in [2.24, 2.45) is 0 Å². The zero-order valence-electron chi connectivity index (χ0n) is 16.6. The molecule has 0 bridgehead atoms. The van der Waals surface area contributed by atoms with E-state index in [0.29, 0.717) is 26.0 Å². The number of H-pyrrole nitrogens is 1. The molecule has 2 amide bonds. The van der Waals surface area contributed by atoms with Crippen LogP contribution in [0.3, 0.4) is 0 Å². The van der Waals surface area contributed by atoms with Crippen LogP contribution in [0.15, 0.2) is 18.6 Å². The zero-order valence-corrected chi connectivity index (χ0v) is 16.6. The molecular weight excluding hydrogens is 372 g/mol. The lowest BCUT2D eigenvalue weighted by molar-refractivity contribution is -0.129. The molecule has 29 heavy (non-hydrogen) atoms. The van der Waals surface area contributed by atoms with E-state index >= 15 is 0 Å². The number of ether oxygens (including phenoxy) is 1. The van der Waals surface area contributed by atoms with Crippen LogP contribution in [0.2, 0.25) is 0 Å². The molecule has 9 heteroatoms. The molecule has 2 aromatic heterocycles. The standard InChI is InChI=1S/C20H26N6O3/c1-2-29-20(28)24-9-3-5-14-15(24)11-16(25-10-4-6-17(25)27)26(14)19-13-7-8-21-18(13)22-12-23-19/h7-8,12,14-16H,2-6,9-11H2,1H3,(H,21,22,23)/t14-,15-,16?/m1/s1. The quantitative estimate of drug-likeness (QED) is 0.851. The Kier molecular flexibility index (Phi) is 4.52. The van der Waals surface area contributed by atoms with Gasteiger partial charge >= 0.3 is 6.09 Å². The molecule has 2 aromatic rings. The summed E-state index contributed by atoms with van der Waals surface area (Å²) < 4.78 is 5.33. The van der Waals surface area contributed by atoms with Crippen LogP contribution in [-0.4, -0.2) is 74.7 Å². The van der Waals surface area contributed by atoms with Crippen LogP contribution in [0.4, 0.5) is 10.6 Å². The van der Waals surface area contributed by atoms with Gasteiger partial charge in [-0.1, -0.05) is 0 Å². The summed E-state index contributed by atoms with van der Waals surface area (Å²) in [5.74, 6) is 1.01. The molecule has 3 atom stereocenters. The van der Waals surface area contributed by atoms with Crippen LogP contribution in [0, 0.1) is 0 Å². The summed E-state index contributed by atoms with van der Waals surface area (Å²) in [6.45, 7) is 3.63. The number of aromatic amines is 1. The lowest BCUT2D eigenvalue weighted by Gasteiger charge is -2.40. The first-order valence-electron chi connectivity index (χ1n) is 10.5. The van der Waals surface area contributed by atoms with Crippen LogP contribution in [0.5, 0.6) is 0 Å². The molecule has 154 valence electrons. The Balaban J connectivity index is 1.57. The normalized spacial score (nSPS) is 27.0. The van der Waals surface area contributed by atoms with Crippen molar-refractivity contribution in [1.82, 2.24) is 24.8 Å². The van der Waals surface area contributed by atoms with Gasteiger partial charge in [0.2, 0.25) is 5.91 Å². The highest BCUT2D eigenvalue weighted by molar-refractivity contribution is 5.88. The van der Waals surface area contributed by atoms with E-state index in [4.69, 9.17) is 4.74 Å². The molecule has 9 nitrogen and oxygen atoms in total. The summed E-state index contributed by atoms with van der Waals surface area (Å²) >= 11 is 0. The van der Waals surface area contributed by atoms with Gasteiger partial charge in [-0.2, -0.15) is 0 Å². The molecule has 0 saturated carbocycles. The molecule has 1 unspecified atom stereocenters. The number of amides is 2. The van der Waals surface area contributed by atoms with E-state index in [1.54, 1.807) is 6.33 Å². The number of nitrogens with one attached hydrogen (secondary N) is 1. The molecule has 0 aliphatic carbocycles. The average Bonchev–Trinajstić information content (AvgIpc) is 3.44. The average molecular weight is 398 g/mol. The lowest BCUT2D eigenvalue weighted by Crippen LogP contribution is -2.53. The Bertz CT molecular complexity index is 930. The number of carbonyl (C=O) groups excluding carboxylic acids is 2. The van der Waals surface area contributed by atoms with Gasteiger partial charge in [-0.25, -0.2) is 14.8 Å². The van der Waals surface area contributed by atoms with Gasteiger partial charge in [0.05, 0.1) is 24.1 Å². The number of rotatable bonds is 3. The number of anilines is 1. The fourth-order valence-electron chi connectivity index (χ4n) is 5.25.